The zero-order chi connectivity index (χ0) is 17.6. The number of carbonyl (C=O) groups excluding carboxylic acids is 2. The van der Waals surface area contributed by atoms with Gasteiger partial charge in [0.15, 0.2) is 0 Å². The van der Waals surface area contributed by atoms with Crippen LogP contribution in [-0.4, -0.2) is 30.5 Å². The number of fused-ring (bicyclic) bond motifs is 1. The van der Waals surface area contributed by atoms with Crippen molar-refractivity contribution in [2.24, 2.45) is 5.73 Å². The van der Waals surface area contributed by atoms with E-state index in [9.17, 15) is 9.59 Å². The smallest absolute Gasteiger partial charge is 0.224 e. The average Bonchev–Trinajstić information content (AvgIpc) is 2.61. The van der Waals surface area contributed by atoms with E-state index in [1.165, 1.54) is 0 Å². The van der Waals surface area contributed by atoms with E-state index in [1.807, 2.05) is 18.2 Å². The first-order valence-electron chi connectivity index (χ1n) is 9.20. The molecule has 3 rings (SSSR count). The van der Waals surface area contributed by atoms with Crippen molar-refractivity contribution in [2.75, 3.05) is 11.9 Å². The van der Waals surface area contributed by atoms with E-state index in [0.29, 0.717) is 31.9 Å². The molecule has 0 atom stereocenters. The van der Waals surface area contributed by atoms with Crippen LogP contribution in [-0.2, 0) is 16.0 Å². The highest BCUT2D eigenvalue weighted by Gasteiger charge is 2.19. The highest BCUT2D eigenvalue weighted by atomic mass is 16.5. The Morgan fingerprint density at radius 3 is 2.84 bits per heavy atom. The first-order chi connectivity index (χ1) is 12.1. The third-order valence-corrected chi connectivity index (χ3v) is 4.93. The van der Waals surface area contributed by atoms with Gasteiger partial charge in [0.2, 0.25) is 11.8 Å². The Labute approximate surface area is 148 Å². The van der Waals surface area contributed by atoms with Crippen LogP contribution in [0.5, 0.6) is 5.75 Å². The Balaban J connectivity index is 1.35. The van der Waals surface area contributed by atoms with Crippen LogP contribution >= 0.6 is 0 Å². The van der Waals surface area contributed by atoms with Gasteiger partial charge in [0.25, 0.3) is 0 Å². The fraction of sp³-hybridized carbons (Fsp3) is 0.579. The standard InChI is InChI=1S/C19H27N3O3/c20-14-4-6-15(7-5-14)21-18(23)2-1-11-25-16-8-9-17-13(12-16)3-10-19(24)22-17/h8-9,12,14-15H,1-7,10-11,20H2,(H,21,23)(H,22,24). The Hall–Kier alpha value is -2.08. The molecule has 1 fully saturated rings. The average molecular weight is 345 g/mol. The topological polar surface area (TPSA) is 93.4 Å². The van der Waals surface area contributed by atoms with Crippen LogP contribution < -0.4 is 21.1 Å². The maximum absolute atomic E-state index is 12.0. The third kappa shape index (κ3) is 5.19. The molecule has 0 aromatic heterocycles. The highest BCUT2D eigenvalue weighted by molar-refractivity contribution is 5.94. The summed E-state index contributed by atoms with van der Waals surface area (Å²) in [5, 5.41) is 5.95. The predicted molar refractivity (Wildman–Crippen MR) is 96.5 cm³/mol. The van der Waals surface area contributed by atoms with Crippen LogP contribution in [0.25, 0.3) is 0 Å². The number of aryl methyl sites for hydroxylation is 1. The summed E-state index contributed by atoms with van der Waals surface area (Å²) in [5.41, 5.74) is 7.85. The van der Waals surface area contributed by atoms with Crippen molar-refractivity contribution in [1.82, 2.24) is 5.32 Å². The molecule has 1 heterocycles. The molecule has 1 aromatic carbocycles. The molecular formula is C19H27N3O3. The molecule has 0 spiro atoms. The normalized spacial score (nSPS) is 22.7. The van der Waals surface area contributed by atoms with Crippen LogP contribution in [0.15, 0.2) is 18.2 Å². The maximum atomic E-state index is 12.0. The first-order valence-corrected chi connectivity index (χ1v) is 9.20. The molecule has 0 saturated heterocycles. The van der Waals surface area contributed by atoms with Crippen LogP contribution in [0.4, 0.5) is 5.69 Å². The SMILES string of the molecule is NC1CCC(NC(=O)CCCOc2ccc3c(c2)CCC(=O)N3)CC1. The van der Waals surface area contributed by atoms with Gasteiger partial charge in [-0.05, 0) is 62.3 Å². The molecule has 0 bridgehead atoms. The van der Waals surface area contributed by atoms with Gasteiger partial charge in [0.05, 0.1) is 6.61 Å². The number of carbonyl (C=O) groups is 2. The molecule has 136 valence electrons. The second-order valence-electron chi connectivity index (χ2n) is 7.00. The maximum Gasteiger partial charge on any atom is 0.224 e. The fourth-order valence-electron chi connectivity index (χ4n) is 3.44. The molecule has 25 heavy (non-hydrogen) atoms. The number of ether oxygens (including phenoxy) is 1. The van der Waals surface area contributed by atoms with Crippen molar-refractivity contribution in [2.45, 2.75) is 63.5 Å². The van der Waals surface area contributed by atoms with Gasteiger partial charge in [0, 0.05) is 30.6 Å². The van der Waals surface area contributed by atoms with E-state index in [0.717, 1.165) is 49.1 Å². The predicted octanol–water partition coefficient (Wildman–Crippen LogP) is 2.12. The lowest BCUT2D eigenvalue weighted by atomic mass is 9.92. The second-order valence-corrected chi connectivity index (χ2v) is 7.00. The molecular weight excluding hydrogens is 318 g/mol. The number of nitrogens with two attached hydrogens (primary N) is 1. The number of rotatable bonds is 6. The Morgan fingerprint density at radius 2 is 2.04 bits per heavy atom. The second kappa shape index (κ2) is 8.34. The lowest BCUT2D eigenvalue weighted by Crippen LogP contribution is -2.40. The minimum atomic E-state index is 0.0622. The summed E-state index contributed by atoms with van der Waals surface area (Å²) in [6.45, 7) is 0.508. The molecule has 2 aliphatic rings. The Morgan fingerprint density at radius 1 is 1.24 bits per heavy atom. The first kappa shape index (κ1) is 17.7. The molecule has 4 N–H and O–H groups in total. The number of hydrogen-bond donors (Lipinski definition) is 3. The summed E-state index contributed by atoms with van der Waals surface area (Å²) >= 11 is 0. The molecule has 0 unspecified atom stereocenters. The van der Waals surface area contributed by atoms with E-state index in [2.05, 4.69) is 10.6 Å². The largest absolute Gasteiger partial charge is 0.494 e. The lowest BCUT2D eigenvalue weighted by molar-refractivity contribution is -0.122. The minimum Gasteiger partial charge on any atom is -0.494 e. The van der Waals surface area contributed by atoms with Crippen molar-refractivity contribution in [3.8, 4) is 5.75 Å². The Bertz CT molecular complexity index is 624. The van der Waals surface area contributed by atoms with Gasteiger partial charge in [-0.1, -0.05) is 0 Å². The summed E-state index contributed by atoms with van der Waals surface area (Å²) in [6.07, 6.45) is 6.37. The fourth-order valence-corrected chi connectivity index (χ4v) is 3.44. The van der Waals surface area contributed by atoms with Crippen molar-refractivity contribution in [3.63, 3.8) is 0 Å². The minimum absolute atomic E-state index is 0.0622. The summed E-state index contributed by atoms with van der Waals surface area (Å²) in [5.74, 6) is 0.945. The number of anilines is 1. The number of hydrogen-bond acceptors (Lipinski definition) is 4. The third-order valence-electron chi connectivity index (χ3n) is 4.93. The van der Waals surface area contributed by atoms with Gasteiger partial charge in [-0.25, -0.2) is 0 Å². The van der Waals surface area contributed by atoms with Crippen LogP contribution in [0, 0.1) is 0 Å². The van der Waals surface area contributed by atoms with Gasteiger partial charge < -0.3 is 21.1 Å². The van der Waals surface area contributed by atoms with E-state index in [1.54, 1.807) is 0 Å². The van der Waals surface area contributed by atoms with E-state index < -0.39 is 0 Å². The number of amides is 2. The summed E-state index contributed by atoms with van der Waals surface area (Å²) < 4.78 is 5.74. The van der Waals surface area contributed by atoms with Gasteiger partial charge in [-0.2, -0.15) is 0 Å². The van der Waals surface area contributed by atoms with Crippen molar-refractivity contribution >= 4 is 17.5 Å². The quantitative estimate of drug-likeness (QED) is 0.689. The molecule has 1 aromatic rings. The van der Waals surface area contributed by atoms with Crippen molar-refractivity contribution in [3.05, 3.63) is 23.8 Å². The molecule has 1 aliphatic heterocycles. The zero-order valence-electron chi connectivity index (χ0n) is 14.6. The lowest BCUT2D eigenvalue weighted by Gasteiger charge is -2.26. The van der Waals surface area contributed by atoms with Gasteiger partial charge in [0.1, 0.15) is 5.75 Å². The van der Waals surface area contributed by atoms with Crippen LogP contribution in [0.3, 0.4) is 0 Å². The molecule has 2 amide bonds. The molecule has 6 heteroatoms. The van der Waals surface area contributed by atoms with Crippen molar-refractivity contribution in [1.29, 1.82) is 0 Å². The highest BCUT2D eigenvalue weighted by Crippen LogP contribution is 2.26. The van der Waals surface area contributed by atoms with E-state index in [4.69, 9.17) is 10.5 Å². The van der Waals surface area contributed by atoms with E-state index >= 15 is 0 Å². The number of nitrogens with one attached hydrogen (secondary N) is 2. The van der Waals surface area contributed by atoms with Crippen LogP contribution in [0.1, 0.15) is 50.5 Å². The van der Waals surface area contributed by atoms with Gasteiger partial charge in [-0.3, -0.25) is 9.59 Å². The summed E-state index contributed by atoms with van der Waals surface area (Å²) in [7, 11) is 0. The molecule has 1 aliphatic carbocycles. The number of benzene rings is 1. The van der Waals surface area contributed by atoms with Gasteiger partial charge in [-0.15, -0.1) is 0 Å². The van der Waals surface area contributed by atoms with Crippen molar-refractivity contribution < 1.29 is 14.3 Å². The molecule has 0 radical (unpaired) electrons. The zero-order valence-corrected chi connectivity index (χ0v) is 14.6. The summed E-state index contributed by atoms with van der Waals surface area (Å²) in [6, 6.07) is 6.29. The summed E-state index contributed by atoms with van der Waals surface area (Å²) in [4.78, 5) is 23.3. The monoisotopic (exact) mass is 345 g/mol. The molecule has 1 saturated carbocycles. The Kier molecular flexibility index (Phi) is 5.91. The van der Waals surface area contributed by atoms with E-state index in [-0.39, 0.29) is 17.9 Å². The van der Waals surface area contributed by atoms with Gasteiger partial charge >= 0.3 is 0 Å². The van der Waals surface area contributed by atoms with Crippen LogP contribution in [0.2, 0.25) is 0 Å². The molecule has 6 nitrogen and oxygen atoms in total.